The molecule has 0 atom stereocenters. The maximum absolute atomic E-state index is 2.59. The molecule has 0 saturated heterocycles. The first-order valence-corrected chi connectivity index (χ1v) is 18.6. The van der Waals surface area contributed by atoms with Gasteiger partial charge in [0.05, 0.1) is 5.41 Å². The highest BCUT2D eigenvalue weighted by molar-refractivity contribution is 6.05. The number of hydrogen-bond donors (Lipinski definition) is 0. The molecule has 8 aromatic carbocycles. The number of fused-ring (bicyclic) bond motifs is 6. The zero-order chi connectivity index (χ0) is 35.6. The summed E-state index contributed by atoms with van der Waals surface area (Å²) in [5.41, 5.74) is 18.5. The lowest BCUT2D eigenvalue weighted by Gasteiger charge is -2.35. The monoisotopic (exact) mass is 677 g/mol. The summed E-state index contributed by atoms with van der Waals surface area (Å²) in [6.07, 6.45) is 0. The molecule has 252 valence electrons. The minimum absolute atomic E-state index is 0.272. The van der Waals surface area contributed by atoms with Crippen LogP contribution in [0.5, 0.6) is 0 Å². The summed E-state index contributed by atoms with van der Waals surface area (Å²) in [6.45, 7) is 4.85. The molecule has 0 saturated carbocycles. The molecule has 0 unspecified atom stereocenters. The second kappa shape index (κ2) is 12.1. The largest absolute Gasteiger partial charge is 0.310 e. The van der Waals surface area contributed by atoms with Gasteiger partial charge in [-0.15, -0.1) is 0 Å². The Morgan fingerprint density at radius 3 is 1.40 bits per heavy atom. The first-order valence-electron chi connectivity index (χ1n) is 18.6. The quantitative estimate of drug-likeness (QED) is 0.169. The van der Waals surface area contributed by atoms with Crippen LogP contribution in [0.1, 0.15) is 47.2 Å². The molecule has 0 spiro atoms. The molecule has 53 heavy (non-hydrogen) atoms. The summed E-state index contributed by atoms with van der Waals surface area (Å²) in [5.74, 6) is 0. The van der Waals surface area contributed by atoms with Crippen molar-refractivity contribution in [2.75, 3.05) is 4.90 Å². The number of rotatable bonds is 6. The van der Waals surface area contributed by atoms with Crippen molar-refractivity contribution in [3.8, 4) is 33.4 Å². The third kappa shape index (κ3) is 4.57. The number of benzene rings is 8. The van der Waals surface area contributed by atoms with Gasteiger partial charge in [0.15, 0.2) is 0 Å². The van der Waals surface area contributed by atoms with Gasteiger partial charge in [-0.25, -0.2) is 0 Å². The second-order valence-electron chi connectivity index (χ2n) is 14.9. The minimum atomic E-state index is -0.486. The van der Waals surface area contributed by atoms with E-state index in [9.17, 15) is 0 Å². The van der Waals surface area contributed by atoms with E-state index in [1.54, 1.807) is 0 Å². The summed E-state index contributed by atoms with van der Waals surface area (Å²) < 4.78 is 0. The Morgan fingerprint density at radius 2 is 0.811 bits per heavy atom. The van der Waals surface area contributed by atoms with E-state index < -0.39 is 5.41 Å². The number of anilines is 3. The average molecular weight is 678 g/mol. The van der Waals surface area contributed by atoms with Crippen LogP contribution in [-0.2, 0) is 10.8 Å². The van der Waals surface area contributed by atoms with Crippen LogP contribution >= 0.6 is 0 Å². The zero-order valence-corrected chi connectivity index (χ0v) is 30.0. The predicted octanol–water partition coefficient (Wildman–Crippen LogP) is 13.5. The van der Waals surface area contributed by atoms with Crippen molar-refractivity contribution < 1.29 is 0 Å². The predicted molar refractivity (Wildman–Crippen MR) is 221 cm³/mol. The minimum Gasteiger partial charge on any atom is -0.310 e. The van der Waals surface area contributed by atoms with Gasteiger partial charge in [-0.1, -0.05) is 178 Å². The van der Waals surface area contributed by atoms with E-state index in [0.717, 1.165) is 17.1 Å². The topological polar surface area (TPSA) is 3.24 Å². The Bertz CT molecular complexity index is 2530. The fourth-order valence-corrected chi connectivity index (χ4v) is 9.42. The summed E-state index contributed by atoms with van der Waals surface area (Å²) >= 11 is 0. The van der Waals surface area contributed by atoms with Crippen LogP contribution in [0.2, 0.25) is 0 Å². The Kier molecular flexibility index (Phi) is 7.13. The van der Waals surface area contributed by atoms with Gasteiger partial charge in [0.25, 0.3) is 0 Å². The van der Waals surface area contributed by atoms with Crippen molar-refractivity contribution in [3.05, 3.63) is 234 Å². The fraction of sp³-hybridized carbons (Fsp3) is 0.0769. The lowest BCUT2D eigenvalue weighted by molar-refractivity contribution is 0.656. The summed E-state index contributed by atoms with van der Waals surface area (Å²) in [6, 6.07) is 73.7. The summed E-state index contributed by atoms with van der Waals surface area (Å²) in [7, 11) is 0. The van der Waals surface area contributed by atoms with E-state index in [0.29, 0.717) is 0 Å². The van der Waals surface area contributed by atoms with E-state index in [4.69, 9.17) is 0 Å². The second-order valence-corrected chi connectivity index (χ2v) is 14.9. The number of hydrogen-bond acceptors (Lipinski definition) is 1. The lowest BCUT2D eigenvalue weighted by Crippen LogP contribution is -2.29. The normalized spacial score (nSPS) is 14.2. The molecule has 0 N–H and O–H groups in total. The van der Waals surface area contributed by atoms with Crippen LogP contribution in [0.3, 0.4) is 0 Å². The van der Waals surface area contributed by atoms with E-state index in [-0.39, 0.29) is 5.41 Å². The van der Waals surface area contributed by atoms with Gasteiger partial charge in [-0.3, -0.25) is 0 Å². The molecular weight excluding hydrogens is 639 g/mol. The van der Waals surface area contributed by atoms with E-state index >= 15 is 0 Å². The van der Waals surface area contributed by atoms with E-state index in [1.807, 2.05) is 0 Å². The van der Waals surface area contributed by atoms with Crippen LogP contribution in [0.25, 0.3) is 33.4 Å². The molecule has 0 aromatic heterocycles. The molecule has 0 radical (unpaired) electrons. The molecule has 0 amide bonds. The van der Waals surface area contributed by atoms with E-state index in [2.05, 4.69) is 219 Å². The molecule has 2 aliphatic carbocycles. The smallest absolute Gasteiger partial charge is 0.0713 e. The molecule has 1 nitrogen and oxygen atoms in total. The highest BCUT2D eigenvalue weighted by Gasteiger charge is 2.50. The Hall–Kier alpha value is -6.44. The van der Waals surface area contributed by atoms with Gasteiger partial charge in [0.2, 0.25) is 0 Å². The van der Waals surface area contributed by atoms with Crippen molar-refractivity contribution in [3.63, 3.8) is 0 Å². The Balaban J connectivity index is 1.30. The summed E-state index contributed by atoms with van der Waals surface area (Å²) in [5, 5.41) is 0. The van der Waals surface area contributed by atoms with Gasteiger partial charge >= 0.3 is 0 Å². The summed E-state index contributed by atoms with van der Waals surface area (Å²) in [4.78, 5) is 2.38. The molecule has 0 fully saturated rings. The molecule has 0 aliphatic heterocycles. The van der Waals surface area contributed by atoms with E-state index in [1.165, 1.54) is 66.8 Å². The standard InChI is InChI=1S/C52H39N/c1-51(2)45-34-41(53(39-26-14-6-15-27-39)40-28-16-7-17-29-40)32-33-43(45)49-46(51)35-47-50(48(49)36-20-8-3-9-21-36)42-30-18-19-31-44(42)52(47,37-22-10-4-11-23-37)38-24-12-5-13-25-38/h3-35H,1-2H3. The molecule has 8 aromatic rings. The van der Waals surface area contributed by atoms with Gasteiger partial charge in [-0.05, 0) is 103 Å². The van der Waals surface area contributed by atoms with Gasteiger partial charge in [0, 0.05) is 22.5 Å². The fourth-order valence-electron chi connectivity index (χ4n) is 9.42. The SMILES string of the molecule is CC1(C)c2cc(N(c3ccccc3)c3ccccc3)ccc2-c2c1cc1c(c2-c2ccccc2)-c2ccccc2C1(c1ccccc1)c1ccccc1. The molecule has 0 bridgehead atoms. The van der Waals surface area contributed by atoms with Crippen LogP contribution in [-0.4, -0.2) is 0 Å². The highest BCUT2D eigenvalue weighted by atomic mass is 15.1. The molecule has 2 aliphatic rings. The maximum Gasteiger partial charge on any atom is 0.0713 e. The maximum atomic E-state index is 2.59. The third-order valence-electron chi connectivity index (χ3n) is 11.7. The van der Waals surface area contributed by atoms with Crippen molar-refractivity contribution in [2.45, 2.75) is 24.7 Å². The highest BCUT2D eigenvalue weighted by Crippen LogP contribution is 2.64. The molecule has 10 rings (SSSR count). The molecule has 1 heteroatoms. The Labute approximate surface area is 312 Å². The van der Waals surface area contributed by atoms with Gasteiger partial charge in [0.1, 0.15) is 0 Å². The van der Waals surface area contributed by atoms with Crippen molar-refractivity contribution in [1.82, 2.24) is 0 Å². The van der Waals surface area contributed by atoms with Crippen LogP contribution in [0.4, 0.5) is 17.1 Å². The number of nitrogens with zero attached hydrogens (tertiary/aromatic N) is 1. The lowest BCUT2D eigenvalue weighted by atomic mass is 9.66. The van der Waals surface area contributed by atoms with Crippen LogP contribution < -0.4 is 4.90 Å². The Morgan fingerprint density at radius 1 is 0.340 bits per heavy atom. The van der Waals surface area contributed by atoms with Crippen molar-refractivity contribution in [2.24, 2.45) is 0 Å². The van der Waals surface area contributed by atoms with Gasteiger partial charge < -0.3 is 4.90 Å². The first kappa shape index (κ1) is 31.3. The van der Waals surface area contributed by atoms with Gasteiger partial charge in [-0.2, -0.15) is 0 Å². The zero-order valence-electron chi connectivity index (χ0n) is 30.0. The van der Waals surface area contributed by atoms with Crippen LogP contribution in [0.15, 0.2) is 200 Å². The number of para-hydroxylation sites is 2. The van der Waals surface area contributed by atoms with Crippen LogP contribution in [0, 0.1) is 0 Å². The third-order valence-corrected chi connectivity index (χ3v) is 11.7. The van der Waals surface area contributed by atoms with Crippen molar-refractivity contribution >= 4 is 17.1 Å². The average Bonchev–Trinajstić information content (AvgIpc) is 3.64. The molecule has 0 heterocycles. The first-order chi connectivity index (χ1) is 26.1. The molecular formula is C52H39N. The van der Waals surface area contributed by atoms with Crippen molar-refractivity contribution in [1.29, 1.82) is 0 Å².